The number of aliphatic hydroxyl groups excluding tert-OH is 1. The van der Waals surface area contributed by atoms with Crippen molar-refractivity contribution in [3.63, 3.8) is 0 Å². The first kappa shape index (κ1) is 6.38. The third kappa shape index (κ3) is 0.879. The SMILES string of the molecule is OC1CC2(C=CCCC2)N1. The highest BCUT2D eigenvalue weighted by atomic mass is 16.3. The maximum atomic E-state index is 9.02. The fraction of sp³-hybridized carbons (Fsp3) is 0.750. The van der Waals surface area contributed by atoms with Crippen LogP contribution in [0.15, 0.2) is 12.2 Å². The Hall–Kier alpha value is -0.340. The third-order valence-corrected chi connectivity index (χ3v) is 2.44. The second-order valence-corrected chi connectivity index (χ2v) is 3.31. The average Bonchev–Trinajstić information content (AvgIpc) is 1.87. The molecule has 56 valence electrons. The molecule has 2 aliphatic rings. The van der Waals surface area contributed by atoms with Gasteiger partial charge in [0.15, 0.2) is 0 Å². The van der Waals surface area contributed by atoms with Crippen molar-refractivity contribution < 1.29 is 5.11 Å². The van der Waals surface area contributed by atoms with Crippen LogP contribution in [0, 0.1) is 0 Å². The highest BCUT2D eigenvalue weighted by Gasteiger charge is 2.40. The van der Waals surface area contributed by atoms with Crippen LogP contribution in [0.3, 0.4) is 0 Å². The molecule has 2 rings (SSSR count). The summed E-state index contributed by atoms with van der Waals surface area (Å²) in [6.07, 6.45) is 8.74. The van der Waals surface area contributed by atoms with Gasteiger partial charge in [-0.15, -0.1) is 0 Å². The summed E-state index contributed by atoms with van der Waals surface area (Å²) in [5, 5.41) is 12.1. The van der Waals surface area contributed by atoms with Crippen molar-refractivity contribution in [3.05, 3.63) is 12.2 Å². The highest BCUT2D eigenvalue weighted by molar-refractivity contribution is 5.15. The zero-order valence-corrected chi connectivity index (χ0v) is 6.01. The number of hydrogen-bond acceptors (Lipinski definition) is 2. The Balaban J connectivity index is 2.03. The zero-order chi connectivity index (χ0) is 7.03. The van der Waals surface area contributed by atoms with Crippen LogP contribution in [0.2, 0.25) is 0 Å². The average molecular weight is 139 g/mol. The topological polar surface area (TPSA) is 32.3 Å². The molecule has 2 nitrogen and oxygen atoms in total. The number of allylic oxidation sites excluding steroid dienone is 1. The Morgan fingerprint density at radius 3 is 2.90 bits per heavy atom. The van der Waals surface area contributed by atoms with Crippen molar-refractivity contribution in [2.45, 2.75) is 37.5 Å². The van der Waals surface area contributed by atoms with Gasteiger partial charge in [0.2, 0.25) is 0 Å². The van der Waals surface area contributed by atoms with E-state index in [2.05, 4.69) is 17.5 Å². The van der Waals surface area contributed by atoms with E-state index in [1.54, 1.807) is 0 Å². The van der Waals surface area contributed by atoms with E-state index in [1.165, 1.54) is 19.3 Å². The van der Waals surface area contributed by atoms with E-state index in [1.807, 2.05) is 0 Å². The molecule has 2 unspecified atom stereocenters. The van der Waals surface area contributed by atoms with Crippen molar-refractivity contribution in [3.8, 4) is 0 Å². The molecule has 2 atom stereocenters. The van der Waals surface area contributed by atoms with Crippen LogP contribution in [0.1, 0.15) is 25.7 Å². The number of nitrogens with one attached hydrogen (secondary N) is 1. The van der Waals surface area contributed by atoms with E-state index in [0.717, 1.165) is 6.42 Å². The van der Waals surface area contributed by atoms with E-state index in [-0.39, 0.29) is 11.8 Å². The molecule has 0 radical (unpaired) electrons. The molecule has 0 aromatic rings. The summed E-state index contributed by atoms with van der Waals surface area (Å²) in [5.41, 5.74) is 0.192. The van der Waals surface area contributed by atoms with E-state index < -0.39 is 0 Å². The molecular formula is C8H13NO. The van der Waals surface area contributed by atoms with Crippen LogP contribution in [-0.4, -0.2) is 16.9 Å². The van der Waals surface area contributed by atoms with Gasteiger partial charge >= 0.3 is 0 Å². The van der Waals surface area contributed by atoms with Crippen molar-refractivity contribution in [1.82, 2.24) is 5.32 Å². The monoisotopic (exact) mass is 139 g/mol. The van der Waals surface area contributed by atoms with Gasteiger partial charge in [-0.05, 0) is 19.3 Å². The van der Waals surface area contributed by atoms with Crippen LogP contribution in [0.4, 0.5) is 0 Å². The third-order valence-electron chi connectivity index (χ3n) is 2.44. The molecule has 1 fully saturated rings. The highest BCUT2D eigenvalue weighted by Crippen LogP contribution is 2.33. The molecule has 1 aliphatic heterocycles. The first-order chi connectivity index (χ1) is 4.81. The molecule has 0 saturated carbocycles. The Morgan fingerprint density at radius 2 is 2.40 bits per heavy atom. The van der Waals surface area contributed by atoms with Crippen molar-refractivity contribution in [1.29, 1.82) is 0 Å². The number of aliphatic hydroxyl groups is 1. The molecule has 10 heavy (non-hydrogen) atoms. The molecule has 0 aromatic heterocycles. The molecule has 0 amide bonds. The summed E-state index contributed by atoms with van der Waals surface area (Å²) in [6, 6.07) is 0. The lowest BCUT2D eigenvalue weighted by molar-refractivity contribution is -0.00677. The lowest BCUT2D eigenvalue weighted by Crippen LogP contribution is -2.62. The van der Waals surface area contributed by atoms with E-state index >= 15 is 0 Å². The van der Waals surface area contributed by atoms with Gasteiger partial charge in [-0.1, -0.05) is 12.2 Å². The molecule has 2 N–H and O–H groups in total. The summed E-state index contributed by atoms with van der Waals surface area (Å²) < 4.78 is 0. The molecule has 1 heterocycles. The Morgan fingerprint density at radius 1 is 1.60 bits per heavy atom. The zero-order valence-electron chi connectivity index (χ0n) is 6.01. The molecule has 1 saturated heterocycles. The van der Waals surface area contributed by atoms with Gasteiger partial charge < -0.3 is 5.11 Å². The summed E-state index contributed by atoms with van der Waals surface area (Å²) in [7, 11) is 0. The summed E-state index contributed by atoms with van der Waals surface area (Å²) in [6.45, 7) is 0. The standard InChI is InChI=1S/C8H13NO/c10-7-6-8(9-7)4-2-1-3-5-8/h2,4,7,9-10H,1,3,5-6H2. The van der Waals surface area contributed by atoms with E-state index in [9.17, 15) is 0 Å². The second-order valence-electron chi connectivity index (χ2n) is 3.31. The van der Waals surface area contributed by atoms with Gasteiger partial charge in [-0.25, -0.2) is 0 Å². The van der Waals surface area contributed by atoms with Crippen LogP contribution >= 0.6 is 0 Å². The van der Waals surface area contributed by atoms with Crippen LogP contribution in [-0.2, 0) is 0 Å². The minimum Gasteiger partial charge on any atom is -0.379 e. The number of rotatable bonds is 0. The first-order valence-electron chi connectivity index (χ1n) is 3.94. The predicted molar refractivity (Wildman–Crippen MR) is 39.5 cm³/mol. The van der Waals surface area contributed by atoms with E-state index in [0.29, 0.717) is 0 Å². The normalized spacial score (nSPS) is 45.5. The molecule has 2 heteroatoms. The van der Waals surface area contributed by atoms with Crippen molar-refractivity contribution >= 4 is 0 Å². The van der Waals surface area contributed by atoms with Crippen molar-refractivity contribution in [2.75, 3.05) is 0 Å². The fourth-order valence-electron chi connectivity index (χ4n) is 1.87. The minimum atomic E-state index is -0.247. The maximum absolute atomic E-state index is 9.02. The molecule has 0 aromatic carbocycles. The fourth-order valence-corrected chi connectivity index (χ4v) is 1.87. The molecule has 1 aliphatic carbocycles. The lowest BCUT2D eigenvalue weighted by Gasteiger charge is -2.46. The van der Waals surface area contributed by atoms with Crippen LogP contribution in [0.5, 0.6) is 0 Å². The first-order valence-corrected chi connectivity index (χ1v) is 3.94. The Labute approximate surface area is 60.9 Å². The maximum Gasteiger partial charge on any atom is 0.107 e. The molecule has 0 bridgehead atoms. The summed E-state index contributed by atoms with van der Waals surface area (Å²) in [4.78, 5) is 0. The van der Waals surface area contributed by atoms with Gasteiger partial charge in [0.25, 0.3) is 0 Å². The molecular weight excluding hydrogens is 126 g/mol. The molecule has 1 spiro atoms. The minimum absolute atomic E-state index is 0.192. The van der Waals surface area contributed by atoms with E-state index in [4.69, 9.17) is 5.11 Å². The summed E-state index contributed by atoms with van der Waals surface area (Å²) >= 11 is 0. The largest absolute Gasteiger partial charge is 0.379 e. The van der Waals surface area contributed by atoms with Gasteiger partial charge in [-0.3, -0.25) is 5.32 Å². The van der Waals surface area contributed by atoms with Gasteiger partial charge in [0.1, 0.15) is 6.23 Å². The van der Waals surface area contributed by atoms with Gasteiger partial charge in [-0.2, -0.15) is 0 Å². The number of hydrogen-bond donors (Lipinski definition) is 2. The second kappa shape index (κ2) is 2.07. The predicted octanol–water partition coefficient (Wildman–Crippen LogP) is 0.777. The lowest BCUT2D eigenvalue weighted by atomic mass is 9.78. The Kier molecular flexibility index (Phi) is 1.32. The summed E-state index contributed by atoms with van der Waals surface area (Å²) in [5.74, 6) is 0. The van der Waals surface area contributed by atoms with Gasteiger partial charge in [0, 0.05) is 12.0 Å². The quantitative estimate of drug-likeness (QED) is 0.486. The van der Waals surface area contributed by atoms with Crippen LogP contribution < -0.4 is 5.32 Å². The van der Waals surface area contributed by atoms with Gasteiger partial charge in [0.05, 0.1) is 0 Å². The smallest absolute Gasteiger partial charge is 0.107 e. The van der Waals surface area contributed by atoms with Crippen LogP contribution in [0.25, 0.3) is 0 Å². The van der Waals surface area contributed by atoms with Crippen molar-refractivity contribution in [2.24, 2.45) is 0 Å². The Bertz CT molecular complexity index is 159.